The maximum absolute atomic E-state index is 12.8. The minimum atomic E-state index is 0.0367. The number of carbonyl (C=O) groups is 2. The first-order valence-electron chi connectivity index (χ1n) is 10.3. The van der Waals surface area contributed by atoms with Crippen molar-refractivity contribution in [2.75, 3.05) is 26.2 Å². The van der Waals surface area contributed by atoms with E-state index < -0.39 is 0 Å². The zero-order valence-corrected chi connectivity index (χ0v) is 17.8. The highest BCUT2D eigenvalue weighted by Crippen LogP contribution is 2.30. The SMILES string of the molecule is O=C(CCC1CCCCC1)N1CCN(C(=O)c2cnc(-c3cccs3)s2)CC1. The number of thiophene rings is 1. The van der Waals surface area contributed by atoms with Crippen molar-refractivity contribution < 1.29 is 9.59 Å². The average Bonchev–Trinajstić information content (AvgIpc) is 3.44. The molecule has 0 bridgehead atoms. The van der Waals surface area contributed by atoms with Gasteiger partial charge in [-0.25, -0.2) is 4.98 Å². The van der Waals surface area contributed by atoms with Crippen LogP contribution in [0.1, 0.15) is 54.6 Å². The van der Waals surface area contributed by atoms with Gasteiger partial charge in [0.05, 0.1) is 11.1 Å². The maximum Gasteiger partial charge on any atom is 0.265 e. The van der Waals surface area contributed by atoms with Crippen LogP contribution in [0.25, 0.3) is 9.88 Å². The molecule has 0 unspecified atom stereocenters. The third-order valence-electron chi connectivity index (χ3n) is 5.86. The topological polar surface area (TPSA) is 53.5 Å². The van der Waals surface area contributed by atoms with Gasteiger partial charge in [-0.05, 0) is 23.8 Å². The van der Waals surface area contributed by atoms with E-state index in [0.717, 1.165) is 22.2 Å². The molecular formula is C21H27N3O2S2. The van der Waals surface area contributed by atoms with Gasteiger partial charge in [-0.2, -0.15) is 0 Å². The number of aromatic nitrogens is 1. The number of carbonyl (C=O) groups excluding carboxylic acids is 2. The number of piperazine rings is 1. The van der Waals surface area contributed by atoms with Crippen LogP contribution in [0, 0.1) is 5.92 Å². The second-order valence-corrected chi connectivity index (χ2v) is 9.70. The van der Waals surface area contributed by atoms with Crippen LogP contribution in [0.3, 0.4) is 0 Å². The predicted molar refractivity (Wildman–Crippen MR) is 114 cm³/mol. The summed E-state index contributed by atoms with van der Waals surface area (Å²) in [5.41, 5.74) is 0. The Morgan fingerprint density at radius 1 is 1.07 bits per heavy atom. The van der Waals surface area contributed by atoms with Gasteiger partial charge in [0.1, 0.15) is 9.88 Å². The van der Waals surface area contributed by atoms with E-state index in [1.54, 1.807) is 17.5 Å². The van der Waals surface area contributed by atoms with E-state index in [9.17, 15) is 9.59 Å². The summed E-state index contributed by atoms with van der Waals surface area (Å²) in [5, 5.41) is 2.91. The normalized spacial score (nSPS) is 18.4. The molecule has 1 saturated heterocycles. The number of hydrogen-bond donors (Lipinski definition) is 0. The Hall–Kier alpha value is -1.73. The van der Waals surface area contributed by atoms with Crippen LogP contribution in [0.15, 0.2) is 23.7 Å². The van der Waals surface area contributed by atoms with Gasteiger partial charge in [-0.15, -0.1) is 22.7 Å². The van der Waals surface area contributed by atoms with E-state index in [1.807, 2.05) is 27.3 Å². The lowest BCUT2D eigenvalue weighted by Gasteiger charge is -2.35. The molecule has 5 nitrogen and oxygen atoms in total. The zero-order valence-electron chi connectivity index (χ0n) is 16.1. The number of rotatable bonds is 5. The molecule has 150 valence electrons. The Kier molecular flexibility index (Phi) is 6.42. The highest BCUT2D eigenvalue weighted by molar-refractivity contribution is 7.21. The third kappa shape index (κ3) is 4.63. The summed E-state index contributed by atoms with van der Waals surface area (Å²) in [7, 11) is 0. The molecular weight excluding hydrogens is 390 g/mol. The van der Waals surface area contributed by atoms with Gasteiger partial charge < -0.3 is 9.80 Å². The van der Waals surface area contributed by atoms with Crippen molar-refractivity contribution in [1.29, 1.82) is 0 Å². The van der Waals surface area contributed by atoms with Crippen LogP contribution in [0.5, 0.6) is 0 Å². The summed E-state index contributed by atoms with van der Waals surface area (Å²) in [4.78, 5) is 35.3. The van der Waals surface area contributed by atoms with E-state index in [4.69, 9.17) is 0 Å². The smallest absolute Gasteiger partial charge is 0.265 e. The van der Waals surface area contributed by atoms with Gasteiger partial charge in [0.15, 0.2) is 0 Å². The Balaban J connectivity index is 1.25. The fourth-order valence-electron chi connectivity index (χ4n) is 4.16. The fourth-order valence-corrected chi connectivity index (χ4v) is 5.85. The quantitative estimate of drug-likeness (QED) is 0.719. The van der Waals surface area contributed by atoms with E-state index in [0.29, 0.717) is 37.5 Å². The van der Waals surface area contributed by atoms with Crippen LogP contribution in [0.2, 0.25) is 0 Å². The summed E-state index contributed by atoms with van der Waals surface area (Å²) in [6, 6.07) is 4.02. The van der Waals surface area contributed by atoms with Crippen molar-refractivity contribution in [3.63, 3.8) is 0 Å². The van der Waals surface area contributed by atoms with Crippen molar-refractivity contribution in [3.05, 3.63) is 28.6 Å². The number of nitrogens with zero attached hydrogens (tertiary/aromatic N) is 3. The second-order valence-electron chi connectivity index (χ2n) is 7.72. The van der Waals surface area contributed by atoms with Crippen molar-refractivity contribution in [1.82, 2.24) is 14.8 Å². The van der Waals surface area contributed by atoms with Crippen LogP contribution in [-0.2, 0) is 4.79 Å². The van der Waals surface area contributed by atoms with Crippen molar-refractivity contribution in [3.8, 4) is 9.88 Å². The monoisotopic (exact) mass is 417 g/mol. The highest BCUT2D eigenvalue weighted by atomic mass is 32.1. The molecule has 2 fully saturated rings. The fraction of sp³-hybridized carbons (Fsp3) is 0.571. The first kappa shape index (κ1) is 19.6. The molecule has 0 spiro atoms. The molecule has 2 aliphatic rings. The van der Waals surface area contributed by atoms with Gasteiger partial charge in [-0.3, -0.25) is 9.59 Å². The summed E-state index contributed by atoms with van der Waals surface area (Å²) >= 11 is 3.08. The number of hydrogen-bond acceptors (Lipinski definition) is 5. The maximum atomic E-state index is 12.8. The minimum Gasteiger partial charge on any atom is -0.339 e. The van der Waals surface area contributed by atoms with E-state index in [2.05, 4.69) is 4.98 Å². The molecule has 4 rings (SSSR count). The molecule has 7 heteroatoms. The molecule has 3 heterocycles. The van der Waals surface area contributed by atoms with Crippen LogP contribution >= 0.6 is 22.7 Å². The standard InChI is InChI=1S/C21H27N3O2S2/c25-19(9-8-16-5-2-1-3-6-16)23-10-12-24(13-11-23)21(26)18-15-22-20(28-18)17-7-4-14-27-17/h4,7,14-16H,1-3,5-6,8-13H2. The van der Waals surface area contributed by atoms with E-state index >= 15 is 0 Å². The highest BCUT2D eigenvalue weighted by Gasteiger charge is 2.26. The van der Waals surface area contributed by atoms with E-state index in [1.165, 1.54) is 43.4 Å². The van der Waals surface area contributed by atoms with Gasteiger partial charge >= 0.3 is 0 Å². The van der Waals surface area contributed by atoms with Crippen LogP contribution < -0.4 is 0 Å². The molecule has 2 amide bonds. The predicted octanol–water partition coefficient (Wildman–Crippen LogP) is 4.52. The molecule has 0 N–H and O–H groups in total. The molecule has 0 atom stereocenters. The van der Waals surface area contributed by atoms with Crippen LogP contribution in [0.4, 0.5) is 0 Å². The lowest BCUT2D eigenvalue weighted by atomic mass is 9.86. The summed E-state index contributed by atoms with van der Waals surface area (Å²) in [5.74, 6) is 1.04. The first-order valence-corrected chi connectivity index (χ1v) is 12.0. The number of amides is 2. The van der Waals surface area contributed by atoms with E-state index in [-0.39, 0.29) is 11.8 Å². The molecule has 1 aliphatic carbocycles. The van der Waals surface area contributed by atoms with Gasteiger partial charge in [0, 0.05) is 32.6 Å². The molecule has 2 aromatic heterocycles. The molecule has 0 radical (unpaired) electrons. The molecule has 1 saturated carbocycles. The van der Waals surface area contributed by atoms with Crippen LogP contribution in [-0.4, -0.2) is 52.8 Å². The van der Waals surface area contributed by atoms with Gasteiger partial charge in [0.25, 0.3) is 5.91 Å². The van der Waals surface area contributed by atoms with Crippen molar-refractivity contribution in [2.24, 2.45) is 5.92 Å². The lowest BCUT2D eigenvalue weighted by Crippen LogP contribution is -2.50. The average molecular weight is 418 g/mol. The molecule has 0 aromatic carbocycles. The first-order chi connectivity index (χ1) is 13.7. The van der Waals surface area contributed by atoms with Gasteiger partial charge in [-0.1, -0.05) is 38.2 Å². The van der Waals surface area contributed by atoms with Crippen molar-refractivity contribution >= 4 is 34.5 Å². The molecule has 1 aliphatic heterocycles. The molecule has 28 heavy (non-hydrogen) atoms. The molecule has 2 aromatic rings. The van der Waals surface area contributed by atoms with Crippen molar-refractivity contribution in [2.45, 2.75) is 44.9 Å². The number of thiazole rings is 1. The Morgan fingerprint density at radius 3 is 2.54 bits per heavy atom. The Bertz CT molecular complexity index is 788. The summed E-state index contributed by atoms with van der Waals surface area (Å²) in [6.45, 7) is 2.51. The third-order valence-corrected chi connectivity index (χ3v) is 7.88. The minimum absolute atomic E-state index is 0.0367. The Morgan fingerprint density at radius 2 is 1.82 bits per heavy atom. The summed E-state index contributed by atoms with van der Waals surface area (Å²) < 4.78 is 0. The zero-order chi connectivity index (χ0) is 19.3. The second kappa shape index (κ2) is 9.18. The Labute approximate surface area is 174 Å². The lowest BCUT2D eigenvalue weighted by molar-refractivity contribution is -0.133. The largest absolute Gasteiger partial charge is 0.339 e. The van der Waals surface area contributed by atoms with Gasteiger partial charge in [0.2, 0.25) is 5.91 Å². The summed E-state index contributed by atoms with van der Waals surface area (Å²) in [6.07, 6.45) is 9.97.